The van der Waals surface area contributed by atoms with Crippen LogP contribution in [0.25, 0.3) is 0 Å². The van der Waals surface area contributed by atoms with E-state index in [0.29, 0.717) is 5.92 Å². The maximum atomic E-state index is 9.92. The first-order chi connectivity index (χ1) is 8.15. The van der Waals surface area contributed by atoms with E-state index < -0.39 is 0 Å². The van der Waals surface area contributed by atoms with Gasteiger partial charge in [0.05, 0.1) is 6.10 Å². The molecule has 17 heavy (non-hydrogen) atoms. The zero-order chi connectivity index (χ0) is 12.3. The number of β-amino-alcohol motifs (C(OH)–C–C–N with tert-alkyl or cyclic N) is 1. The second-order valence-electron chi connectivity index (χ2n) is 5.85. The monoisotopic (exact) mass is 241 g/mol. The zero-order valence-corrected chi connectivity index (χ0v) is 11.3. The molecule has 1 aliphatic carbocycles. The van der Waals surface area contributed by atoms with E-state index in [4.69, 9.17) is 0 Å². The fourth-order valence-corrected chi connectivity index (χ4v) is 2.43. The SMILES string of the molecule is CN(C)CCN1CCN(CC(O)C2CC2)CC1. The van der Waals surface area contributed by atoms with Crippen LogP contribution in [0.15, 0.2) is 0 Å². The Morgan fingerprint density at radius 3 is 2.24 bits per heavy atom. The molecule has 0 aromatic heterocycles. The van der Waals surface area contributed by atoms with Gasteiger partial charge in [-0.2, -0.15) is 0 Å². The second-order valence-corrected chi connectivity index (χ2v) is 5.85. The van der Waals surface area contributed by atoms with Gasteiger partial charge in [0.2, 0.25) is 0 Å². The summed E-state index contributed by atoms with van der Waals surface area (Å²) in [6.45, 7) is 7.77. The van der Waals surface area contributed by atoms with Crippen LogP contribution >= 0.6 is 0 Å². The molecular weight excluding hydrogens is 214 g/mol. The number of likely N-dealkylation sites (N-methyl/N-ethyl adjacent to an activating group) is 1. The first kappa shape index (κ1) is 13.3. The summed E-state index contributed by atoms with van der Waals surface area (Å²) < 4.78 is 0. The second kappa shape index (κ2) is 6.14. The van der Waals surface area contributed by atoms with Gasteiger partial charge in [-0.25, -0.2) is 0 Å². The normalized spacial score (nSPS) is 25.4. The van der Waals surface area contributed by atoms with Gasteiger partial charge in [0.15, 0.2) is 0 Å². The quantitative estimate of drug-likeness (QED) is 0.705. The van der Waals surface area contributed by atoms with Crippen molar-refractivity contribution in [2.45, 2.75) is 18.9 Å². The molecule has 4 nitrogen and oxygen atoms in total. The van der Waals surface area contributed by atoms with Crippen LogP contribution in [0.5, 0.6) is 0 Å². The summed E-state index contributed by atoms with van der Waals surface area (Å²) in [6, 6.07) is 0. The summed E-state index contributed by atoms with van der Waals surface area (Å²) in [7, 11) is 4.25. The van der Waals surface area contributed by atoms with Gasteiger partial charge in [-0.3, -0.25) is 9.80 Å². The van der Waals surface area contributed by atoms with Gasteiger partial charge in [-0.1, -0.05) is 0 Å². The Balaban J connectivity index is 1.60. The molecule has 1 N–H and O–H groups in total. The van der Waals surface area contributed by atoms with Crippen molar-refractivity contribution in [2.24, 2.45) is 5.92 Å². The van der Waals surface area contributed by atoms with E-state index in [9.17, 15) is 5.11 Å². The van der Waals surface area contributed by atoms with E-state index >= 15 is 0 Å². The highest BCUT2D eigenvalue weighted by atomic mass is 16.3. The molecule has 0 aromatic carbocycles. The lowest BCUT2D eigenvalue weighted by molar-refractivity contribution is 0.0606. The first-order valence-corrected chi connectivity index (χ1v) is 6.92. The molecule has 0 aromatic rings. The fraction of sp³-hybridized carbons (Fsp3) is 1.00. The Kier molecular flexibility index (Phi) is 4.79. The summed E-state index contributed by atoms with van der Waals surface area (Å²) in [5.74, 6) is 0.613. The molecular formula is C13H27N3O. The van der Waals surface area contributed by atoms with E-state index in [0.717, 1.165) is 39.3 Å². The minimum absolute atomic E-state index is 0.0664. The summed E-state index contributed by atoms with van der Waals surface area (Å²) in [4.78, 5) is 7.19. The van der Waals surface area contributed by atoms with Crippen molar-refractivity contribution in [3.05, 3.63) is 0 Å². The standard InChI is InChI=1S/C13H27N3O/c1-14(2)5-6-15-7-9-16(10-8-15)11-13(17)12-3-4-12/h12-13,17H,3-11H2,1-2H3. The van der Waals surface area contributed by atoms with Gasteiger partial charge in [-0.05, 0) is 32.9 Å². The topological polar surface area (TPSA) is 30.0 Å². The Bertz CT molecular complexity index is 223. The number of piperazine rings is 1. The van der Waals surface area contributed by atoms with Crippen LogP contribution in [0.3, 0.4) is 0 Å². The predicted molar refractivity (Wildman–Crippen MR) is 70.2 cm³/mol. The van der Waals surface area contributed by atoms with E-state index in [1.54, 1.807) is 0 Å². The lowest BCUT2D eigenvalue weighted by Crippen LogP contribution is -2.50. The highest BCUT2D eigenvalue weighted by molar-refractivity contribution is 4.84. The Hall–Kier alpha value is -0.160. The molecule has 1 saturated heterocycles. The van der Waals surface area contributed by atoms with E-state index in [1.165, 1.54) is 19.4 Å². The zero-order valence-electron chi connectivity index (χ0n) is 11.3. The average molecular weight is 241 g/mol. The van der Waals surface area contributed by atoms with Crippen molar-refractivity contribution in [1.82, 2.24) is 14.7 Å². The highest BCUT2D eigenvalue weighted by Gasteiger charge is 2.31. The van der Waals surface area contributed by atoms with Crippen molar-refractivity contribution in [3.63, 3.8) is 0 Å². The lowest BCUT2D eigenvalue weighted by atomic mass is 10.2. The van der Waals surface area contributed by atoms with Gasteiger partial charge < -0.3 is 10.0 Å². The number of hydrogen-bond donors (Lipinski definition) is 1. The van der Waals surface area contributed by atoms with Gasteiger partial charge in [-0.15, -0.1) is 0 Å². The van der Waals surface area contributed by atoms with E-state index in [-0.39, 0.29) is 6.10 Å². The largest absolute Gasteiger partial charge is 0.392 e. The van der Waals surface area contributed by atoms with Crippen molar-refractivity contribution >= 4 is 0 Å². The number of aliphatic hydroxyl groups is 1. The Morgan fingerprint density at radius 1 is 1.12 bits per heavy atom. The van der Waals surface area contributed by atoms with Crippen LogP contribution in [0.2, 0.25) is 0 Å². The van der Waals surface area contributed by atoms with E-state index in [2.05, 4.69) is 28.8 Å². The number of rotatable bonds is 6. The number of aliphatic hydroxyl groups excluding tert-OH is 1. The molecule has 0 bridgehead atoms. The van der Waals surface area contributed by atoms with Gasteiger partial charge in [0.25, 0.3) is 0 Å². The average Bonchev–Trinajstić information content (AvgIpc) is 3.12. The lowest BCUT2D eigenvalue weighted by Gasteiger charge is -2.36. The van der Waals surface area contributed by atoms with Crippen LogP contribution in [0, 0.1) is 5.92 Å². The summed E-state index contributed by atoms with van der Waals surface area (Å²) in [5, 5.41) is 9.92. The van der Waals surface area contributed by atoms with Crippen LogP contribution in [0.1, 0.15) is 12.8 Å². The van der Waals surface area contributed by atoms with Crippen LogP contribution in [-0.4, -0.2) is 85.8 Å². The maximum absolute atomic E-state index is 9.92. The molecule has 1 heterocycles. The molecule has 1 aliphatic heterocycles. The van der Waals surface area contributed by atoms with Crippen LogP contribution in [0.4, 0.5) is 0 Å². The third-order valence-electron chi connectivity index (χ3n) is 3.94. The number of hydrogen-bond acceptors (Lipinski definition) is 4. The summed E-state index contributed by atoms with van der Waals surface area (Å²) in [5.41, 5.74) is 0. The molecule has 0 spiro atoms. The van der Waals surface area contributed by atoms with Crippen molar-refractivity contribution in [1.29, 1.82) is 0 Å². The van der Waals surface area contributed by atoms with E-state index in [1.807, 2.05) is 0 Å². The summed E-state index contributed by atoms with van der Waals surface area (Å²) in [6.07, 6.45) is 2.41. The van der Waals surface area contributed by atoms with Crippen molar-refractivity contribution in [2.75, 3.05) is 59.9 Å². The molecule has 0 amide bonds. The minimum Gasteiger partial charge on any atom is -0.392 e. The predicted octanol–water partition coefficient (Wildman–Crippen LogP) is -0.0635. The van der Waals surface area contributed by atoms with Gasteiger partial charge in [0.1, 0.15) is 0 Å². The number of nitrogens with zero attached hydrogens (tertiary/aromatic N) is 3. The summed E-state index contributed by atoms with van der Waals surface area (Å²) >= 11 is 0. The molecule has 2 fully saturated rings. The molecule has 1 atom stereocenters. The molecule has 1 unspecified atom stereocenters. The highest BCUT2D eigenvalue weighted by Crippen LogP contribution is 2.32. The smallest absolute Gasteiger partial charge is 0.0695 e. The fourth-order valence-electron chi connectivity index (χ4n) is 2.43. The van der Waals surface area contributed by atoms with Crippen LogP contribution in [-0.2, 0) is 0 Å². The molecule has 1 saturated carbocycles. The Morgan fingerprint density at radius 2 is 1.71 bits per heavy atom. The molecule has 2 aliphatic rings. The third-order valence-corrected chi connectivity index (χ3v) is 3.94. The molecule has 4 heteroatoms. The Labute approximate surface area is 105 Å². The molecule has 2 rings (SSSR count). The first-order valence-electron chi connectivity index (χ1n) is 6.92. The van der Waals surface area contributed by atoms with Gasteiger partial charge in [0, 0.05) is 45.8 Å². The van der Waals surface area contributed by atoms with Crippen molar-refractivity contribution < 1.29 is 5.11 Å². The molecule has 0 radical (unpaired) electrons. The van der Waals surface area contributed by atoms with Crippen LogP contribution < -0.4 is 0 Å². The minimum atomic E-state index is -0.0664. The van der Waals surface area contributed by atoms with Gasteiger partial charge >= 0.3 is 0 Å². The maximum Gasteiger partial charge on any atom is 0.0695 e. The third kappa shape index (κ3) is 4.54. The van der Waals surface area contributed by atoms with Crippen molar-refractivity contribution in [3.8, 4) is 0 Å². The molecule has 100 valence electrons.